The largest absolute Gasteiger partial charge is 0.397 e. The minimum atomic E-state index is 0.675. The lowest BCUT2D eigenvalue weighted by atomic mass is 10.4. The van der Waals surface area contributed by atoms with E-state index in [4.69, 9.17) is 5.73 Å². The average Bonchev–Trinajstić information content (AvgIpc) is 2.34. The summed E-state index contributed by atoms with van der Waals surface area (Å²) in [5.74, 6) is 0. The molecule has 0 saturated carbocycles. The van der Waals surface area contributed by atoms with Crippen LogP contribution >= 0.6 is 22.6 Å². The maximum atomic E-state index is 5.69. The van der Waals surface area contributed by atoms with E-state index in [1.165, 1.54) is 0 Å². The van der Waals surface area contributed by atoms with Crippen molar-refractivity contribution in [2.75, 3.05) is 5.73 Å². The third kappa shape index (κ3) is 1.05. The van der Waals surface area contributed by atoms with Gasteiger partial charge in [0.1, 0.15) is 9.22 Å². The van der Waals surface area contributed by atoms with Crippen LogP contribution in [0.4, 0.5) is 5.69 Å². The molecule has 5 heteroatoms. The summed E-state index contributed by atoms with van der Waals surface area (Å²) >= 11 is 2.11. The van der Waals surface area contributed by atoms with Crippen LogP contribution in [0.5, 0.6) is 0 Å². The Morgan fingerprint density at radius 3 is 3.18 bits per heavy atom. The van der Waals surface area contributed by atoms with Crippen LogP contribution in [-0.2, 0) is 0 Å². The van der Waals surface area contributed by atoms with Gasteiger partial charge in [-0.3, -0.25) is 0 Å². The van der Waals surface area contributed by atoms with Gasteiger partial charge in [0.2, 0.25) is 0 Å². The molecule has 0 spiro atoms. The summed E-state index contributed by atoms with van der Waals surface area (Å²) in [5.41, 5.74) is 7.86. The van der Waals surface area contributed by atoms with Gasteiger partial charge in [0.05, 0.1) is 12.0 Å². The number of nitrogens with two attached hydrogens (primary N) is 1. The predicted molar refractivity (Wildman–Crippen MR) is 51.0 cm³/mol. The minimum Gasteiger partial charge on any atom is -0.397 e. The van der Waals surface area contributed by atoms with Crippen molar-refractivity contribution in [3.8, 4) is 0 Å². The number of aromatic amines is 1. The van der Waals surface area contributed by atoms with E-state index in [0.717, 1.165) is 9.22 Å². The molecule has 4 nitrogen and oxygen atoms in total. The van der Waals surface area contributed by atoms with E-state index in [2.05, 4.69) is 37.5 Å². The van der Waals surface area contributed by atoms with Crippen molar-refractivity contribution >= 4 is 39.4 Å². The van der Waals surface area contributed by atoms with E-state index in [-0.39, 0.29) is 0 Å². The molecular formula is C6H5IN4. The van der Waals surface area contributed by atoms with E-state index in [1.54, 1.807) is 12.4 Å². The van der Waals surface area contributed by atoms with Crippen molar-refractivity contribution < 1.29 is 0 Å². The van der Waals surface area contributed by atoms with Crippen LogP contribution in [0.3, 0.4) is 0 Å². The topological polar surface area (TPSA) is 67.6 Å². The summed E-state index contributed by atoms with van der Waals surface area (Å²) in [6.45, 7) is 0. The van der Waals surface area contributed by atoms with Gasteiger partial charge < -0.3 is 10.7 Å². The number of hydrogen-bond donors (Lipinski definition) is 2. The molecule has 56 valence electrons. The highest BCUT2D eigenvalue weighted by Gasteiger charge is 2.01. The molecule has 11 heavy (non-hydrogen) atoms. The fraction of sp³-hybridized carbons (Fsp3) is 0. The maximum absolute atomic E-state index is 5.69. The zero-order chi connectivity index (χ0) is 7.84. The molecule has 3 N–H and O–H groups in total. The number of fused-ring (bicyclic) bond motifs is 1. The number of rotatable bonds is 0. The van der Waals surface area contributed by atoms with E-state index in [9.17, 15) is 0 Å². The zero-order valence-corrected chi connectivity index (χ0v) is 7.66. The van der Waals surface area contributed by atoms with Crippen LogP contribution in [0, 0.1) is 3.70 Å². The minimum absolute atomic E-state index is 0.675. The number of nitrogens with one attached hydrogen (secondary N) is 1. The van der Waals surface area contributed by atoms with Gasteiger partial charge in [-0.2, -0.15) is 0 Å². The van der Waals surface area contributed by atoms with Crippen molar-refractivity contribution in [2.24, 2.45) is 0 Å². The van der Waals surface area contributed by atoms with Crippen LogP contribution in [0.1, 0.15) is 0 Å². The summed E-state index contributed by atoms with van der Waals surface area (Å²) in [6, 6.07) is 1.81. The van der Waals surface area contributed by atoms with Crippen LogP contribution in [0.2, 0.25) is 0 Å². The predicted octanol–water partition coefficient (Wildman–Crippen LogP) is 1.14. The molecule has 0 saturated heterocycles. The molecule has 0 bridgehead atoms. The molecule has 2 heterocycles. The Morgan fingerprint density at radius 2 is 2.36 bits per heavy atom. The number of pyridine rings is 1. The van der Waals surface area contributed by atoms with Crippen molar-refractivity contribution in [1.29, 1.82) is 0 Å². The fourth-order valence-corrected chi connectivity index (χ4v) is 1.48. The monoisotopic (exact) mass is 260 g/mol. The van der Waals surface area contributed by atoms with Crippen molar-refractivity contribution in [3.63, 3.8) is 0 Å². The summed E-state index contributed by atoms with van der Waals surface area (Å²) in [7, 11) is 0. The van der Waals surface area contributed by atoms with Gasteiger partial charge in [-0.15, -0.1) is 0 Å². The van der Waals surface area contributed by atoms with Gasteiger partial charge in [0.15, 0.2) is 5.65 Å². The second-order valence-electron chi connectivity index (χ2n) is 2.14. The molecule has 2 aromatic rings. The number of imidazole rings is 1. The highest BCUT2D eigenvalue weighted by Crippen LogP contribution is 2.16. The molecule has 0 fully saturated rings. The second kappa shape index (κ2) is 2.33. The van der Waals surface area contributed by atoms with Crippen molar-refractivity contribution in [3.05, 3.63) is 16.1 Å². The maximum Gasteiger partial charge on any atom is 0.180 e. The molecule has 0 unspecified atom stereocenters. The van der Waals surface area contributed by atoms with Crippen molar-refractivity contribution in [2.45, 2.75) is 0 Å². The number of anilines is 1. The first-order valence-corrected chi connectivity index (χ1v) is 4.10. The molecule has 0 amide bonds. The van der Waals surface area contributed by atoms with Gasteiger partial charge >= 0.3 is 0 Å². The summed E-state index contributed by atoms with van der Waals surface area (Å²) < 4.78 is 0.861. The Balaban J connectivity index is 2.91. The number of nitrogens with zero attached hydrogens (tertiary/aromatic N) is 2. The molecule has 2 aromatic heterocycles. The Kier molecular flexibility index (Phi) is 1.45. The Bertz CT molecular complexity index is 394. The van der Waals surface area contributed by atoms with E-state index in [1.807, 2.05) is 0 Å². The van der Waals surface area contributed by atoms with Crippen LogP contribution in [-0.4, -0.2) is 15.0 Å². The Hall–Kier alpha value is -0.850. The molecule has 0 atom stereocenters. The average molecular weight is 260 g/mol. The molecule has 0 aliphatic rings. The number of H-pyrrole nitrogens is 1. The normalized spacial score (nSPS) is 10.6. The molecule has 0 radical (unpaired) electrons. The SMILES string of the molecule is Nc1cc(I)nc2nc[nH]c12. The molecular weight excluding hydrogens is 255 g/mol. The number of halogens is 1. The van der Waals surface area contributed by atoms with E-state index >= 15 is 0 Å². The first-order chi connectivity index (χ1) is 5.27. The fourth-order valence-electron chi connectivity index (χ4n) is 0.918. The van der Waals surface area contributed by atoms with E-state index < -0.39 is 0 Å². The van der Waals surface area contributed by atoms with Crippen LogP contribution in [0.25, 0.3) is 11.2 Å². The standard InChI is InChI=1S/C6H5IN4/c7-4-1-3(8)5-6(11-4)10-2-9-5/h1-2H,(H3,8,9,10,11). The number of hydrogen-bond acceptors (Lipinski definition) is 3. The zero-order valence-electron chi connectivity index (χ0n) is 5.50. The highest BCUT2D eigenvalue weighted by atomic mass is 127. The lowest BCUT2D eigenvalue weighted by molar-refractivity contribution is 1.28. The molecule has 0 aliphatic carbocycles. The lowest BCUT2D eigenvalue weighted by Gasteiger charge is -1.94. The lowest BCUT2D eigenvalue weighted by Crippen LogP contribution is -1.90. The van der Waals surface area contributed by atoms with Gasteiger partial charge in [0.25, 0.3) is 0 Å². The number of aromatic nitrogens is 3. The van der Waals surface area contributed by atoms with Crippen LogP contribution in [0.15, 0.2) is 12.4 Å². The van der Waals surface area contributed by atoms with Gasteiger partial charge in [-0.25, -0.2) is 9.97 Å². The number of nitrogen functional groups attached to an aromatic ring is 1. The second-order valence-corrected chi connectivity index (χ2v) is 3.24. The Labute approximate surface area is 76.4 Å². The summed E-state index contributed by atoms with van der Waals surface area (Å²) in [5, 5.41) is 0. The smallest absolute Gasteiger partial charge is 0.180 e. The first kappa shape index (κ1) is 6.84. The highest BCUT2D eigenvalue weighted by molar-refractivity contribution is 14.1. The van der Waals surface area contributed by atoms with Gasteiger partial charge in [0, 0.05) is 0 Å². The summed E-state index contributed by atoms with van der Waals surface area (Å²) in [4.78, 5) is 11.1. The first-order valence-electron chi connectivity index (χ1n) is 3.02. The Morgan fingerprint density at radius 1 is 1.55 bits per heavy atom. The third-order valence-corrected chi connectivity index (χ3v) is 1.95. The third-order valence-electron chi connectivity index (χ3n) is 1.40. The summed E-state index contributed by atoms with van der Waals surface area (Å²) in [6.07, 6.45) is 1.59. The van der Waals surface area contributed by atoms with Gasteiger partial charge in [-0.05, 0) is 28.7 Å². The van der Waals surface area contributed by atoms with Gasteiger partial charge in [-0.1, -0.05) is 0 Å². The molecule has 0 aromatic carbocycles. The quantitative estimate of drug-likeness (QED) is 0.551. The van der Waals surface area contributed by atoms with E-state index in [0.29, 0.717) is 11.3 Å². The molecule has 0 aliphatic heterocycles. The van der Waals surface area contributed by atoms with Crippen LogP contribution < -0.4 is 5.73 Å². The van der Waals surface area contributed by atoms with Crippen molar-refractivity contribution in [1.82, 2.24) is 15.0 Å². The molecule has 2 rings (SSSR count).